The molecule has 0 bridgehead atoms. The summed E-state index contributed by atoms with van der Waals surface area (Å²) in [5.74, 6) is 1.21. The normalized spacial score (nSPS) is 20.3. The molecule has 152 valence electrons. The smallest absolute Gasteiger partial charge is 0.163 e. The van der Waals surface area contributed by atoms with E-state index in [-0.39, 0.29) is 17.3 Å². The van der Waals surface area contributed by atoms with Crippen molar-refractivity contribution in [3.8, 4) is 5.75 Å². The Morgan fingerprint density at radius 3 is 2.70 bits per heavy atom. The lowest BCUT2D eigenvalue weighted by Crippen LogP contribution is -2.52. The van der Waals surface area contributed by atoms with Crippen LogP contribution in [0.25, 0.3) is 0 Å². The second-order valence-corrected chi connectivity index (χ2v) is 10.3. The van der Waals surface area contributed by atoms with Crippen LogP contribution < -0.4 is 10.1 Å². The Kier molecular flexibility index (Phi) is 6.82. The Bertz CT molecular complexity index is 729. The first-order chi connectivity index (χ1) is 12.9. The van der Waals surface area contributed by atoms with Gasteiger partial charge in [0.15, 0.2) is 9.84 Å². The molecule has 1 fully saturated rings. The number of ether oxygens (including phenoxy) is 1. The van der Waals surface area contributed by atoms with Crippen molar-refractivity contribution >= 4 is 9.84 Å². The van der Waals surface area contributed by atoms with E-state index in [0.717, 1.165) is 64.1 Å². The van der Waals surface area contributed by atoms with Crippen LogP contribution in [0.1, 0.15) is 44.2 Å². The van der Waals surface area contributed by atoms with E-state index in [2.05, 4.69) is 42.3 Å². The maximum Gasteiger partial charge on any atom is 0.163 e. The second-order valence-electron chi connectivity index (χ2n) is 8.14. The fourth-order valence-corrected chi connectivity index (χ4v) is 6.42. The van der Waals surface area contributed by atoms with Crippen molar-refractivity contribution < 1.29 is 13.2 Å². The van der Waals surface area contributed by atoms with Crippen molar-refractivity contribution in [3.63, 3.8) is 0 Å². The minimum atomic E-state index is -3.16. The molecule has 2 aliphatic rings. The number of rotatable bonds is 8. The van der Waals surface area contributed by atoms with Gasteiger partial charge < -0.3 is 10.1 Å². The third-order valence-electron chi connectivity index (χ3n) is 5.89. The molecule has 0 aromatic heterocycles. The van der Waals surface area contributed by atoms with E-state index in [4.69, 9.17) is 4.74 Å². The van der Waals surface area contributed by atoms with Crippen molar-refractivity contribution in [1.82, 2.24) is 10.2 Å². The lowest BCUT2D eigenvalue weighted by atomic mass is 9.95. The second kappa shape index (κ2) is 8.93. The monoisotopic (exact) mass is 394 g/mol. The zero-order valence-electron chi connectivity index (χ0n) is 16.9. The number of nitrogens with zero attached hydrogens (tertiary/aromatic N) is 1. The zero-order valence-corrected chi connectivity index (χ0v) is 17.7. The fraction of sp³-hybridized carbons (Fsp3) is 0.714. The maximum atomic E-state index is 12.8. The van der Waals surface area contributed by atoms with E-state index in [1.165, 1.54) is 17.4 Å². The molecule has 0 radical (unpaired) electrons. The van der Waals surface area contributed by atoms with Crippen LogP contribution in [0, 0.1) is 5.92 Å². The number of nitrogens with one attached hydrogen (secondary N) is 1. The van der Waals surface area contributed by atoms with Crippen molar-refractivity contribution in [2.75, 3.05) is 32.5 Å². The summed E-state index contributed by atoms with van der Waals surface area (Å²) < 4.78 is 31.3. The number of piperidine rings is 1. The Morgan fingerprint density at radius 2 is 2.04 bits per heavy atom. The summed E-state index contributed by atoms with van der Waals surface area (Å²) >= 11 is 0. The van der Waals surface area contributed by atoms with Crippen molar-refractivity contribution in [2.45, 2.75) is 57.4 Å². The summed E-state index contributed by atoms with van der Waals surface area (Å²) in [6.07, 6.45) is 6.05. The number of hydrogen-bond acceptors (Lipinski definition) is 5. The molecule has 6 heteroatoms. The van der Waals surface area contributed by atoms with Gasteiger partial charge in [0.2, 0.25) is 0 Å². The predicted molar refractivity (Wildman–Crippen MR) is 110 cm³/mol. The summed E-state index contributed by atoms with van der Waals surface area (Å²) in [6, 6.07) is 6.64. The van der Waals surface area contributed by atoms with E-state index < -0.39 is 9.84 Å². The molecule has 0 saturated carbocycles. The lowest BCUT2D eigenvalue weighted by Gasteiger charge is -2.41. The highest BCUT2D eigenvalue weighted by molar-refractivity contribution is 7.91. The minimum absolute atomic E-state index is 0.166. The molecule has 2 unspecified atom stereocenters. The van der Waals surface area contributed by atoms with Gasteiger partial charge in [0.25, 0.3) is 0 Å². The summed E-state index contributed by atoms with van der Waals surface area (Å²) in [5.41, 5.74) is 2.50. The van der Waals surface area contributed by atoms with E-state index in [1.54, 1.807) is 0 Å². The van der Waals surface area contributed by atoms with E-state index >= 15 is 0 Å². The van der Waals surface area contributed by atoms with Gasteiger partial charge in [-0.25, -0.2) is 8.42 Å². The molecule has 3 rings (SSSR count). The van der Waals surface area contributed by atoms with Crippen molar-refractivity contribution in [3.05, 3.63) is 29.3 Å². The van der Waals surface area contributed by atoms with Gasteiger partial charge in [-0.3, -0.25) is 4.90 Å². The third-order valence-corrected chi connectivity index (χ3v) is 7.43. The molecular weight excluding hydrogens is 360 g/mol. The molecule has 2 atom stereocenters. The van der Waals surface area contributed by atoms with Crippen LogP contribution in [-0.2, 0) is 22.7 Å². The summed E-state index contributed by atoms with van der Waals surface area (Å²) in [7, 11) is -3.16. The Hall–Kier alpha value is -1.11. The van der Waals surface area contributed by atoms with E-state index in [0.29, 0.717) is 0 Å². The highest BCUT2D eigenvalue weighted by Gasteiger charge is 2.37. The first-order valence-electron chi connectivity index (χ1n) is 10.3. The Labute approximate surface area is 164 Å². The molecule has 1 saturated heterocycles. The molecule has 5 nitrogen and oxygen atoms in total. The fourth-order valence-electron chi connectivity index (χ4n) is 4.65. The first-order valence-corrected chi connectivity index (χ1v) is 12.3. The first kappa shape index (κ1) is 20.6. The van der Waals surface area contributed by atoms with Crippen LogP contribution in [0.4, 0.5) is 0 Å². The van der Waals surface area contributed by atoms with Crippen LogP contribution in [0.15, 0.2) is 18.2 Å². The van der Waals surface area contributed by atoms with Gasteiger partial charge in [0.05, 0.1) is 6.61 Å². The number of fused-ring (bicyclic) bond motifs is 1. The van der Waals surface area contributed by atoms with Gasteiger partial charge in [-0.2, -0.15) is 0 Å². The molecule has 2 aliphatic heterocycles. The summed E-state index contributed by atoms with van der Waals surface area (Å²) in [4.78, 5) is 2.25. The molecule has 1 aromatic carbocycles. The number of sulfone groups is 1. The molecular formula is C21H34N2O3S. The molecule has 1 aromatic rings. The topological polar surface area (TPSA) is 58.6 Å². The van der Waals surface area contributed by atoms with Crippen LogP contribution in [0.5, 0.6) is 5.75 Å². The largest absolute Gasteiger partial charge is 0.493 e. The van der Waals surface area contributed by atoms with Gasteiger partial charge >= 0.3 is 0 Å². The molecule has 1 N–H and O–H groups in total. The third kappa shape index (κ3) is 5.04. The average Bonchev–Trinajstić information content (AvgIpc) is 3.09. The minimum Gasteiger partial charge on any atom is -0.493 e. The lowest BCUT2D eigenvalue weighted by molar-refractivity contribution is 0.131. The Balaban J connectivity index is 1.80. The molecule has 2 heterocycles. The predicted octanol–water partition coefficient (Wildman–Crippen LogP) is 2.63. The van der Waals surface area contributed by atoms with Gasteiger partial charge in [-0.1, -0.05) is 19.1 Å². The van der Waals surface area contributed by atoms with Gasteiger partial charge in [0, 0.05) is 18.7 Å². The maximum absolute atomic E-state index is 12.8. The van der Waals surface area contributed by atoms with Gasteiger partial charge in [-0.05, 0) is 75.4 Å². The molecule has 27 heavy (non-hydrogen) atoms. The summed E-state index contributed by atoms with van der Waals surface area (Å²) in [5, 5.41) is 2.97. The highest BCUT2D eigenvalue weighted by atomic mass is 32.2. The quantitative estimate of drug-likeness (QED) is 0.735. The van der Waals surface area contributed by atoms with Crippen LogP contribution in [-0.4, -0.2) is 57.2 Å². The van der Waals surface area contributed by atoms with Crippen LogP contribution in [0.2, 0.25) is 0 Å². The number of benzene rings is 1. The average molecular weight is 395 g/mol. The van der Waals surface area contributed by atoms with Gasteiger partial charge in [-0.15, -0.1) is 0 Å². The van der Waals surface area contributed by atoms with E-state index in [9.17, 15) is 8.42 Å². The molecule has 0 spiro atoms. The molecule has 0 amide bonds. The SMILES string of the molecule is CCCN(C(C)Cc1ccc2c(c1)OCC2)C(C1CCNCC1)S(C)(=O)=O. The van der Waals surface area contributed by atoms with Crippen LogP contribution in [0.3, 0.4) is 0 Å². The standard InChI is InChI=1S/C21H34N2O3S/c1-4-12-23(21(27(3,24)25)19-7-10-22-11-8-19)16(2)14-17-5-6-18-9-13-26-20(18)15-17/h5-6,15-16,19,21-22H,4,7-14H2,1-3H3. The van der Waals surface area contributed by atoms with Crippen molar-refractivity contribution in [2.24, 2.45) is 5.92 Å². The van der Waals surface area contributed by atoms with Gasteiger partial charge in [0.1, 0.15) is 11.1 Å². The summed E-state index contributed by atoms with van der Waals surface area (Å²) in [6.45, 7) is 7.69. The number of hydrogen-bond donors (Lipinski definition) is 1. The van der Waals surface area contributed by atoms with Crippen LogP contribution >= 0.6 is 0 Å². The Morgan fingerprint density at radius 1 is 1.30 bits per heavy atom. The van der Waals surface area contributed by atoms with E-state index in [1.807, 2.05) is 0 Å². The molecule has 0 aliphatic carbocycles. The highest BCUT2D eigenvalue weighted by Crippen LogP contribution is 2.30. The van der Waals surface area contributed by atoms with Crippen molar-refractivity contribution in [1.29, 1.82) is 0 Å². The zero-order chi connectivity index (χ0) is 19.4.